The fourth-order valence-electron chi connectivity index (χ4n) is 6.54. The highest BCUT2D eigenvalue weighted by Gasteiger charge is 2.53. The summed E-state index contributed by atoms with van der Waals surface area (Å²) in [7, 11) is -3.38. The van der Waals surface area contributed by atoms with Crippen molar-refractivity contribution in [2.24, 2.45) is 10.5 Å². The molecule has 0 bridgehead atoms. The van der Waals surface area contributed by atoms with E-state index >= 15 is 0 Å². The molecule has 2 aromatic carbocycles. The van der Waals surface area contributed by atoms with E-state index in [1.807, 2.05) is 47.5 Å². The van der Waals surface area contributed by atoms with Gasteiger partial charge in [0.05, 0.1) is 12.5 Å². The summed E-state index contributed by atoms with van der Waals surface area (Å²) in [6.07, 6.45) is 13.7. The van der Waals surface area contributed by atoms with Gasteiger partial charge in [0.25, 0.3) is 5.91 Å². The smallest absolute Gasteiger partial charge is 0.258 e. The van der Waals surface area contributed by atoms with Crippen molar-refractivity contribution >= 4 is 33.5 Å². The lowest BCUT2D eigenvalue weighted by molar-refractivity contribution is 0.0980. The van der Waals surface area contributed by atoms with Gasteiger partial charge < -0.3 is 4.90 Å². The molecule has 2 aromatic rings. The molecule has 4 aliphatic rings. The van der Waals surface area contributed by atoms with E-state index in [1.165, 1.54) is 51.2 Å². The lowest BCUT2D eigenvalue weighted by atomic mass is 9.66. The van der Waals surface area contributed by atoms with Crippen LogP contribution in [0, 0.1) is 5.41 Å². The molecule has 0 unspecified atom stereocenters. The van der Waals surface area contributed by atoms with Gasteiger partial charge in [0, 0.05) is 42.0 Å². The molecule has 1 N–H and O–H groups in total. The van der Waals surface area contributed by atoms with Gasteiger partial charge in [-0.3, -0.25) is 14.5 Å². The van der Waals surface area contributed by atoms with Crippen molar-refractivity contribution in [2.45, 2.75) is 63.2 Å². The highest BCUT2D eigenvalue weighted by atomic mass is 32.2. The number of fused-ring (bicyclic) bond motifs is 2. The topological polar surface area (TPSA) is 82.1 Å². The predicted molar refractivity (Wildman–Crippen MR) is 148 cm³/mol. The normalized spacial score (nSPS) is 22.0. The first-order chi connectivity index (χ1) is 17.7. The highest BCUT2D eigenvalue weighted by Crippen LogP contribution is 2.62. The van der Waals surface area contributed by atoms with E-state index in [-0.39, 0.29) is 11.3 Å². The van der Waals surface area contributed by atoms with Gasteiger partial charge in [-0.1, -0.05) is 12.1 Å². The predicted octanol–water partition coefficient (Wildman–Crippen LogP) is 5.13. The number of carbonyl (C=O) groups is 1. The number of carbonyl (C=O) groups excluding carboxylic acids is 1. The molecular formula is C29H36N4O3S. The number of piperidine rings is 1. The maximum Gasteiger partial charge on any atom is 0.258 e. The fourth-order valence-corrected chi connectivity index (χ4v) is 7.10. The van der Waals surface area contributed by atoms with E-state index in [9.17, 15) is 13.2 Å². The van der Waals surface area contributed by atoms with Gasteiger partial charge in [-0.2, -0.15) is 5.10 Å². The highest BCUT2D eigenvalue weighted by molar-refractivity contribution is 7.92. The fraction of sp³-hybridized carbons (Fsp3) is 0.517. The molecule has 2 aliphatic carbocycles. The van der Waals surface area contributed by atoms with Crippen molar-refractivity contribution in [2.75, 3.05) is 35.5 Å². The molecule has 0 aromatic heterocycles. The molecular weight excluding hydrogens is 484 g/mol. The van der Waals surface area contributed by atoms with Crippen LogP contribution in [0.15, 0.2) is 47.6 Å². The zero-order valence-corrected chi connectivity index (χ0v) is 22.4. The Balaban J connectivity index is 1.29. The Bertz CT molecular complexity index is 1330. The molecule has 2 heterocycles. The second kappa shape index (κ2) is 9.15. The van der Waals surface area contributed by atoms with Crippen molar-refractivity contribution in [1.82, 2.24) is 5.01 Å². The zero-order valence-electron chi connectivity index (χ0n) is 21.6. The molecule has 3 fully saturated rings. The minimum Gasteiger partial charge on any atom is -0.307 e. The monoisotopic (exact) mass is 520 g/mol. The van der Waals surface area contributed by atoms with Crippen LogP contribution >= 0.6 is 0 Å². The van der Waals surface area contributed by atoms with Crippen LogP contribution in [-0.4, -0.2) is 51.4 Å². The quantitative estimate of drug-likeness (QED) is 0.554. The Morgan fingerprint density at radius 3 is 2.41 bits per heavy atom. The number of nitrogens with zero attached hydrogens (tertiary/aromatic N) is 3. The van der Waals surface area contributed by atoms with Crippen LogP contribution < -0.4 is 9.62 Å². The van der Waals surface area contributed by atoms with Crippen molar-refractivity contribution in [3.63, 3.8) is 0 Å². The summed E-state index contributed by atoms with van der Waals surface area (Å²) >= 11 is 0. The average molecular weight is 521 g/mol. The Labute approximate surface area is 220 Å². The van der Waals surface area contributed by atoms with Crippen LogP contribution in [0.3, 0.4) is 0 Å². The first kappa shape index (κ1) is 24.5. The second-order valence-electron chi connectivity index (χ2n) is 11.7. The summed E-state index contributed by atoms with van der Waals surface area (Å²) < 4.78 is 26.5. The van der Waals surface area contributed by atoms with Crippen molar-refractivity contribution < 1.29 is 13.2 Å². The van der Waals surface area contributed by atoms with E-state index < -0.39 is 10.0 Å². The zero-order chi connectivity index (χ0) is 25.7. The number of benzene rings is 2. The number of nitrogens with one attached hydrogen (secondary N) is 1. The molecule has 1 amide bonds. The van der Waals surface area contributed by atoms with Gasteiger partial charge in [-0.05, 0) is 105 Å². The van der Waals surface area contributed by atoms with Gasteiger partial charge in [0.15, 0.2) is 0 Å². The Morgan fingerprint density at radius 1 is 0.973 bits per heavy atom. The Morgan fingerprint density at radius 2 is 1.70 bits per heavy atom. The number of sulfonamides is 1. The maximum atomic E-state index is 13.9. The minimum absolute atomic E-state index is 0.0121. The summed E-state index contributed by atoms with van der Waals surface area (Å²) in [5, 5.41) is 6.75. The molecule has 0 radical (unpaired) electrons. The number of hydrogen-bond acceptors (Lipinski definition) is 5. The Kier molecular flexibility index (Phi) is 6.05. The summed E-state index contributed by atoms with van der Waals surface area (Å²) in [5.41, 5.74) is 4.55. The SMILES string of the molecule is CS(=O)(=O)Nc1ccc2c(c1)C1(CCC3(CC3)CC1)CN2C(=O)c1cccc(C=NN2CCCCC2)c1. The first-order valence-corrected chi connectivity index (χ1v) is 15.5. The van der Waals surface area contributed by atoms with E-state index in [4.69, 9.17) is 0 Å². The maximum absolute atomic E-state index is 13.9. The average Bonchev–Trinajstić information content (AvgIpc) is 3.59. The van der Waals surface area contributed by atoms with E-state index in [1.54, 1.807) is 6.07 Å². The van der Waals surface area contributed by atoms with Crippen molar-refractivity contribution in [1.29, 1.82) is 0 Å². The van der Waals surface area contributed by atoms with Crippen molar-refractivity contribution in [3.8, 4) is 0 Å². The second-order valence-corrected chi connectivity index (χ2v) is 13.4. The molecule has 2 saturated carbocycles. The van der Waals surface area contributed by atoms with Crippen LogP contribution in [0.25, 0.3) is 0 Å². The number of anilines is 2. The molecule has 196 valence electrons. The van der Waals surface area contributed by atoms with Gasteiger partial charge in [-0.15, -0.1) is 0 Å². The standard InChI is InChI=1S/C29H36N4O3S/c1-37(35,36)31-24-8-9-26-25(19-24)29(14-12-28(10-11-28)13-15-29)21-33(26)27(34)23-7-5-6-22(18-23)20-30-32-16-3-2-4-17-32/h5-9,18-20,31H,2-4,10-17,21H2,1H3. The lowest BCUT2D eigenvalue weighted by Gasteiger charge is -2.38. The number of amides is 1. The number of hydrazone groups is 1. The summed E-state index contributed by atoms with van der Waals surface area (Å²) in [6, 6.07) is 13.4. The summed E-state index contributed by atoms with van der Waals surface area (Å²) in [5.74, 6) is -0.0121. The Hall–Kier alpha value is -2.87. The molecule has 1 saturated heterocycles. The molecule has 2 aliphatic heterocycles. The van der Waals surface area contributed by atoms with Gasteiger partial charge >= 0.3 is 0 Å². The van der Waals surface area contributed by atoms with E-state index in [0.29, 0.717) is 23.2 Å². The molecule has 7 nitrogen and oxygen atoms in total. The summed E-state index contributed by atoms with van der Waals surface area (Å²) in [4.78, 5) is 15.8. The van der Waals surface area contributed by atoms with Gasteiger partial charge in [0.2, 0.25) is 10.0 Å². The van der Waals surface area contributed by atoms with Gasteiger partial charge in [0.1, 0.15) is 0 Å². The third-order valence-corrected chi connectivity index (χ3v) is 9.54. The molecule has 0 atom stereocenters. The van der Waals surface area contributed by atoms with Crippen molar-refractivity contribution in [3.05, 3.63) is 59.2 Å². The van der Waals surface area contributed by atoms with Crippen LogP contribution in [-0.2, 0) is 15.4 Å². The van der Waals surface area contributed by atoms with Crippen LogP contribution in [0.2, 0.25) is 0 Å². The first-order valence-electron chi connectivity index (χ1n) is 13.6. The van der Waals surface area contributed by atoms with Crippen LogP contribution in [0.1, 0.15) is 79.3 Å². The van der Waals surface area contributed by atoms with E-state index in [0.717, 1.165) is 42.7 Å². The van der Waals surface area contributed by atoms with Crippen LogP contribution in [0.5, 0.6) is 0 Å². The molecule has 6 rings (SSSR count). The molecule has 37 heavy (non-hydrogen) atoms. The minimum atomic E-state index is -3.38. The molecule has 8 heteroatoms. The lowest BCUT2D eigenvalue weighted by Crippen LogP contribution is -2.40. The summed E-state index contributed by atoms with van der Waals surface area (Å²) in [6.45, 7) is 2.62. The number of hydrogen-bond donors (Lipinski definition) is 1. The third kappa shape index (κ3) is 5.00. The van der Waals surface area contributed by atoms with E-state index in [2.05, 4.69) is 14.8 Å². The largest absolute Gasteiger partial charge is 0.307 e. The van der Waals surface area contributed by atoms with Gasteiger partial charge in [-0.25, -0.2) is 8.42 Å². The molecule has 2 spiro atoms. The third-order valence-electron chi connectivity index (χ3n) is 8.93. The number of rotatable bonds is 5. The van der Waals surface area contributed by atoms with Crippen LogP contribution in [0.4, 0.5) is 11.4 Å².